The molecule has 10 heteroatoms. The number of H-pyrrole nitrogens is 1. The van der Waals surface area contributed by atoms with E-state index in [4.69, 9.17) is 4.74 Å². The van der Waals surface area contributed by atoms with Gasteiger partial charge in [-0.2, -0.15) is 18.3 Å². The molecule has 2 aromatic rings. The number of anilines is 1. The molecule has 4 heterocycles. The molecule has 152 valence electrons. The second kappa shape index (κ2) is 8.04. The molecule has 0 spiro atoms. The fourth-order valence-electron chi connectivity index (χ4n) is 3.85. The lowest BCUT2D eigenvalue weighted by Gasteiger charge is -2.33. The number of ether oxygens (including phenoxy) is 1. The monoisotopic (exact) mass is 396 g/mol. The first kappa shape index (κ1) is 19.1. The molecule has 0 aliphatic carbocycles. The Balaban J connectivity index is 1.48. The zero-order valence-corrected chi connectivity index (χ0v) is 15.5. The largest absolute Gasteiger partial charge is 0.433 e. The van der Waals surface area contributed by atoms with Crippen LogP contribution in [0.2, 0.25) is 0 Å². The summed E-state index contributed by atoms with van der Waals surface area (Å²) in [6, 6.07) is 0.903. The summed E-state index contributed by atoms with van der Waals surface area (Å²) < 4.78 is 44.3. The average Bonchev–Trinajstić information content (AvgIpc) is 3.16. The van der Waals surface area contributed by atoms with E-state index in [1.54, 1.807) is 0 Å². The zero-order chi connectivity index (χ0) is 19.6. The van der Waals surface area contributed by atoms with Crippen LogP contribution in [-0.2, 0) is 17.5 Å². The number of aromatic nitrogens is 4. The van der Waals surface area contributed by atoms with Gasteiger partial charge in [-0.25, -0.2) is 9.97 Å². The van der Waals surface area contributed by atoms with E-state index < -0.39 is 11.9 Å². The molecule has 0 unspecified atom stereocenters. The van der Waals surface area contributed by atoms with Crippen molar-refractivity contribution in [3.05, 3.63) is 35.4 Å². The van der Waals surface area contributed by atoms with Crippen molar-refractivity contribution in [2.24, 2.45) is 0 Å². The Morgan fingerprint density at radius 2 is 2.04 bits per heavy atom. The van der Waals surface area contributed by atoms with Gasteiger partial charge in [0.25, 0.3) is 0 Å². The number of hydrogen-bond acceptors (Lipinski definition) is 6. The first-order valence-corrected chi connectivity index (χ1v) is 9.48. The van der Waals surface area contributed by atoms with Crippen molar-refractivity contribution in [1.29, 1.82) is 0 Å². The minimum Gasteiger partial charge on any atom is -0.379 e. The van der Waals surface area contributed by atoms with E-state index in [1.165, 1.54) is 6.20 Å². The second-order valence-electron chi connectivity index (χ2n) is 7.22. The minimum atomic E-state index is -4.47. The van der Waals surface area contributed by atoms with Crippen molar-refractivity contribution in [3.63, 3.8) is 0 Å². The fourth-order valence-corrected chi connectivity index (χ4v) is 3.85. The first-order valence-electron chi connectivity index (χ1n) is 9.48. The van der Waals surface area contributed by atoms with Crippen LogP contribution in [0, 0.1) is 0 Å². The van der Waals surface area contributed by atoms with E-state index >= 15 is 0 Å². The smallest absolute Gasteiger partial charge is 0.379 e. The first-order chi connectivity index (χ1) is 13.5. The highest BCUT2D eigenvalue weighted by molar-refractivity contribution is 5.34. The van der Waals surface area contributed by atoms with Crippen molar-refractivity contribution in [1.82, 2.24) is 25.1 Å². The maximum atomic E-state index is 13.0. The summed E-state index contributed by atoms with van der Waals surface area (Å²) in [5.74, 6) is 0.291. The van der Waals surface area contributed by atoms with Gasteiger partial charge >= 0.3 is 6.18 Å². The van der Waals surface area contributed by atoms with Crippen LogP contribution in [0.4, 0.5) is 19.1 Å². The van der Waals surface area contributed by atoms with Crippen LogP contribution in [0.25, 0.3) is 0 Å². The Hall–Kier alpha value is -2.20. The third kappa shape index (κ3) is 4.27. The highest BCUT2D eigenvalue weighted by Gasteiger charge is 2.34. The molecule has 2 saturated heterocycles. The lowest BCUT2D eigenvalue weighted by atomic mass is 9.92. The van der Waals surface area contributed by atoms with Gasteiger partial charge in [0, 0.05) is 56.1 Å². The van der Waals surface area contributed by atoms with Crippen LogP contribution in [-0.4, -0.2) is 64.5 Å². The van der Waals surface area contributed by atoms with Crippen LogP contribution in [0.1, 0.15) is 35.7 Å². The Labute approximate surface area is 160 Å². The van der Waals surface area contributed by atoms with Crippen LogP contribution < -0.4 is 4.90 Å². The number of halogens is 3. The summed E-state index contributed by atoms with van der Waals surface area (Å²) in [6.07, 6.45) is 0.370. The van der Waals surface area contributed by atoms with E-state index in [2.05, 4.69) is 25.1 Å². The highest BCUT2D eigenvalue weighted by atomic mass is 19.4. The number of nitrogens with zero attached hydrogens (tertiary/aromatic N) is 5. The number of alkyl halides is 3. The third-order valence-electron chi connectivity index (χ3n) is 5.29. The Morgan fingerprint density at radius 3 is 2.82 bits per heavy atom. The van der Waals surface area contributed by atoms with Gasteiger partial charge in [0.15, 0.2) is 0 Å². The van der Waals surface area contributed by atoms with Crippen LogP contribution in [0.5, 0.6) is 0 Å². The SMILES string of the molecule is FC(F)(F)c1ccnc(N2CCC[C@@H](c3[nH]ncc3CN3CCOCC3)C2)n1. The summed E-state index contributed by atoms with van der Waals surface area (Å²) in [5.41, 5.74) is 1.29. The number of aromatic amines is 1. The fraction of sp³-hybridized carbons (Fsp3) is 0.611. The molecule has 7 nitrogen and oxygen atoms in total. The highest BCUT2D eigenvalue weighted by Crippen LogP contribution is 2.32. The summed E-state index contributed by atoms with van der Waals surface area (Å²) in [6.45, 7) is 5.25. The number of nitrogens with one attached hydrogen (secondary N) is 1. The predicted molar refractivity (Wildman–Crippen MR) is 95.9 cm³/mol. The molecule has 1 N–H and O–H groups in total. The lowest BCUT2D eigenvalue weighted by molar-refractivity contribution is -0.141. The summed E-state index contributed by atoms with van der Waals surface area (Å²) >= 11 is 0. The standard InChI is InChI=1S/C18H23F3N6O/c19-18(20,21)15-3-4-22-17(24-15)27-5-1-2-13(12-27)16-14(10-23-25-16)11-26-6-8-28-9-7-26/h3-4,10,13H,1-2,5-9,11-12H2,(H,23,25)/t13-/m1/s1. The molecule has 28 heavy (non-hydrogen) atoms. The maximum Gasteiger partial charge on any atom is 0.433 e. The van der Waals surface area contributed by atoms with Crippen molar-refractivity contribution in [2.45, 2.75) is 31.5 Å². The molecular weight excluding hydrogens is 373 g/mol. The molecule has 0 saturated carbocycles. The topological polar surface area (TPSA) is 70.2 Å². The number of piperidine rings is 1. The number of morpholine rings is 1. The van der Waals surface area contributed by atoms with Crippen molar-refractivity contribution in [3.8, 4) is 0 Å². The van der Waals surface area contributed by atoms with E-state index in [9.17, 15) is 13.2 Å². The van der Waals surface area contributed by atoms with Crippen molar-refractivity contribution in [2.75, 3.05) is 44.3 Å². The lowest BCUT2D eigenvalue weighted by Crippen LogP contribution is -2.37. The molecule has 2 aliphatic heterocycles. The van der Waals surface area contributed by atoms with Crippen molar-refractivity contribution >= 4 is 5.95 Å². The summed E-state index contributed by atoms with van der Waals surface area (Å²) in [7, 11) is 0. The van der Waals surface area contributed by atoms with Gasteiger partial charge in [-0.1, -0.05) is 0 Å². The quantitative estimate of drug-likeness (QED) is 0.856. The molecule has 0 aromatic carbocycles. The molecule has 2 aliphatic rings. The maximum absolute atomic E-state index is 13.0. The van der Waals surface area contributed by atoms with Gasteiger partial charge in [0.05, 0.1) is 19.4 Å². The van der Waals surface area contributed by atoms with Gasteiger partial charge in [0.1, 0.15) is 5.69 Å². The van der Waals surface area contributed by atoms with E-state index in [1.807, 2.05) is 11.1 Å². The van der Waals surface area contributed by atoms with Gasteiger partial charge in [-0.05, 0) is 18.9 Å². The van der Waals surface area contributed by atoms with Gasteiger partial charge in [0.2, 0.25) is 5.95 Å². The Morgan fingerprint density at radius 1 is 1.21 bits per heavy atom. The molecule has 0 radical (unpaired) electrons. The summed E-state index contributed by atoms with van der Waals surface area (Å²) in [4.78, 5) is 12.0. The van der Waals surface area contributed by atoms with Crippen LogP contribution >= 0.6 is 0 Å². The minimum absolute atomic E-state index is 0.133. The normalized spacial score (nSPS) is 21.8. The van der Waals surface area contributed by atoms with E-state index in [0.717, 1.165) is 63.0 Å². The summed E-state index contributed by atoms with van der Waals surface area (Å²) in [5, 5.41) is 7.34. The second-order valence-corrected chi connectivity index (χ2v) is 7.22. The van der Waals surface area contributed by atoms with Gasteiger partial charge in [-0.15, -0.1) is 0 Å². The number of rotatable bonds is 4. The third-order valence-corrected chi connectivity index (χ3v) is 5.29. The van der Waals surface area contributed by atoms with E-state index in [0.29, 0.717) is 13.1 Å². The zero-order valence-electron chi connectivity index (χ0n) is 15.5. The molecule has 2 aromatic heterocycles. The van der Waals surface area contributed by atoms with Gasteiger partial charge < -0.3 is 9.64 Å². The van der Waals surface area contributed by atoms with Crippen LogP contribution in [0.3, 0.4) is 0 Å². The predicted octanol–water partition coefficient (Wildman–Crippen LogP) is 2.43. The Bertz CT molecular complexity index is 790. The Kier molecular flexibility index (Phi) is 5.49. The molecule has 2 fully saturated rings. The number of hydrogen-bond donors (Lipinski definition) is 1. The molecule has 4 rings (SSSR count). The molecular formula is C18H23F3N6O. The van der Waals surface area contributed by atoms with Gasteiger partial charge in [-0.3, -0.25) is 10.00 Å². The average molecular weight is 396 g/mol. The molecule has 0 bridgehead atoms. The van der Waals surface area contributed by atoms with Crippen LogP contribution in [0.15, 0.2) is 18.5 Å². The van der Waals surface area contributed by atoms with Crippen molar-refractivity contribution < 1.29 is 17.9 Å². The van der Waals surface area contributed by atoms with E-state index in [-0.39, 0.29) is 11.9 Å². The molecule has 1 atom stereocenters. The molecule has 0 amide bonds.